The highest BCUT2D eigenvalue weighted by atomic mass is 32.1. The van der Waals surface area contributed by atoms with Gasteiger partial charge in [0.1, 0.15) is 0 Å². The van der Waals surface area contributed by atoms with Gasteiger partial charge in [-0.1, -0.05) is 18.2 Å². The molecule has 2 aromatic heterocycles. The van der Waals surface area contributed by atoms with Crippen LogP contribution >= 0.6 is 11.3 Å². The van der Waals surface area contributed by atoms with E-state index in [1.54, 1.807) is 17.5 Å². The van der Waals surface area contributed by atoms with Crippen LogP contribution in [0.3, 0.4) is 0 Å². The van der Waals surface area contributed by atoms with Crippen molar-refractivity contribution < 1.29 is 9.21 Å². The molecule has 27 heavy (non-hydrogen) atoms. The van der Waals surface area contributed by atoms with Crippen LogP contribution < -0.4 is 5.32 Å². The Morgan fingerprint density at radius 3 is 2.96 bits per heavy atom. The fraction of sp³-hybridized carbons (Fsp3) is 0.300. The number of nitrogens with one attached hydrogen (secondary N) is 1. The van der Waals surface area contributed by atoms with Crippen LogP contribution in [0.4, 0.5) is 10.5 Å². The topological polar surface area (TPSA) is 61.6 Å². The number of nitrogens with zero attached hydrogens (tertiary/aromatic N) is 3. The first-order valence-electron chi connectivity index (χ1n) is 9.07. The van der Waals surface area contributed by atoms with Crippen LogP contribution in [-0.4, -0.2) is 47.0 Å². The van der Waals surface area contributed by atoms with Crippen molar-refractivity contribution >= 4 is 23.1 Å². The van der Waals surface area contributed by atoms with Crippen molar-refractivity contribution in [1.29, 1.82) is 0 Å². The number of amides is 2. The maximum absolute atomic E-state index is 12.7. The highest BCUT2D eigenvalue weighted by molar-refractivity contribution is 7.09. The zero-order valence-corrected chi connectivity index (χ0v) is 15.8. The highest BCUT2D eigenvalue weighted by Crippen LogP contribution is 2.22. The lowest BCUT2D eigenvalue weighted by molar-refractivity contribution is 0.211. The summed E-state index contributed by atoms with van der Waals surface area (Å²) in [6.07, 6.45) is 4.05. The lowest BCUT2D eigenvalue weighted by Crippen LogP contribution is -2.38. The van der Waals surface area contributed by atoms with Crippen molar-refractivity contribution in [3.63, 3.8) is 0 Å². The Hall–Kier alpha value is -2.64. The molecule has 7 heteroatoms. The van der Waals surface area contributed by atoms with Gasteiger partial charge in [-0.3, -0.25) is 4.90 Å². The van der Waals surface area contributed by atoms with Crippen LogP contribution in [0.25, 0.3) is 11.3 Å². The van der Waals surface area contributed by atoms with Crippen molar-refractivity contribution in [2.45, 2.75) is 13.0 Å². The third kappa shape index (κ3) is 4.56. The van der Waals surface area contributed by atoms with Gasteiger partial charge in [-0.25, -0.2) is 9.78 Å². The number of urea groups is 1. The van der Waals surface area contributed by atoms with Gasteiger partial charge in [0.2, 0.25) is 0 Å². The number of thiophene rings is 1. The normalized spacial score (nSPS) is 15.5. The molecule has 1 aliphatic rings. The molecule has 1 aromatic carbocycles. The van der Waals surface area contributed by atoms with Crippen LogP contribution in [0.2, 0.25) is 0 Å². The Kier molecular flexibility index (Phi) is 5.50. The molecule has 6 nitrogen and oxygen atoms in total. The predicted octanol–water partition coefficient (Wildman–Crippen LogP) is 4.14. The molecule has 0 saturated carbocycles. The molecular weight excluding hydrogens is 360 g/mol. The largest absolute Gasteiger partial charge is 0.444 e. The summed E-state index contributed by atoms with van der Waals surface area (Å²) in [5, 5.41) is 5.12. The number of carbonyl (C=O) groups is 1. The van der Waals surface area contributed by atoms with E-state index in [9.17, 15) is 4.79 Å². The molecule has 3 heterocycles. The van der Waals surface area contributed by atoms with Gasteiger partial charge >= 0.3 is 6.03 Å². The molecule has 1 saturated heterocycles. The molecule has 1 aliphatic heterocycles. The number of aromatic nitrogens is 1. The average molecular weight is 382 g/mol. The second-order valence-corrected chi connectivity index (χ2v) is 7.60. The molecule has 0 atom stereocenters. The second kappa shape index (κ2) is 8.37. The Bertz CT molecular complexity index is 864. The van der Waals surface area contributed by atoms with Crippen LogP contribution in [0.15, 0.2) is 58.8 Å². The number of hydrogen-bond acceptors (Lipinski definition) is 5. The second-order valence-electron chi connectivity index (χ2n) is 6.57. The summed E-state index contributed by atoms with van der Waals surface area (Å²) in [7, 11) is 0. The van der Waals surface area contributed by atoms with E-state index in [1.165, 1.54) is 11.3 Å². The Morgan fingerprint density at radius 2 is 2.15 bits per heavy atom. The summed E-state index contributed by atoms with van der Waals surface area (Å²) in [5.41, 5.74) is 1.65. The van der Waals surface area contributed by atoms with Crippen LogP contribution in [0, 0.1) is 0 Å². The molecule has 1 fully saturated rings. The monoisotopic (exact) mass is 382 g/mol. The summed E-state index contributed by atoms with van der Waals surface area (Å²) < 4.78 is 5.33. The lowest BCUT2D eigenvalue weighted by Gasteiger charge is -2.22. The minimum absolute atomic E-state index is 0.0531. The standard InChI is InChI=1S/C20H22N4O2S/c25-20(22-17-5-1-4-16(12-17)19-13-21-15-26-19)24-8-3-7-23(9-10-24)14-18-6-2-11-27-18/h1-2,4-6,11-13,15H,3,7-10,14H2,(H,22,25). The molecule has 4 rings (SSSR count). The summed E-state index contributed by atoms with van der Waals surface area (Å²) in [6.45, 7) is 4.38. The van der Waals surface area contributed by atoms with E-state index in [0.29, 0.717) is 5.76 Å². The SMILES string of the molecule is O=C(Nc1cccc(-c2cnco2)c1)N1CCCN(Cc2cccs2)CC1. The van der Waals surface area contributed by atoms with Gasteiger partial charge in [0.25, 0.3) is 0 Å². The van der Waals surface area contributed by atoms with E-state index in [0.717, 1.165) is 50.4 Å². The fourth-order valence-electron chi connectivity index (χ4n) is 3.27. The van der Waals surface area contributed by atoms with E-state index < -0.39 is 0 Å². The fourth-order valence-corrected chi connectivity index (χ4v) is 4.01. The third-order valence-electron chi connectivity index (χ3n) is 4.67. The maximum Gasteiger partial charge on any atom is 0.321 e. The molecule has 0 aliphatic carbocycles. The van der Waals surface area contributed by atoms with Gasteiger partial charge in [-0.15, -0.1) is 11.3 Å². The van der Waals surface area contributed by atoms with Crippen molar-refractivity contribution in [2.75, 3.05) is 31.5 Å². The van der Waals surface area contributed by atoms with Crippen LogP contribution in [-0.2, 0) is 6.54 Å². The number of benzene rings is 1. The van der Waals surface area contributed by atoms with Crippen LogP contribution in [0.5, 0.6) is 0 Å². The average Bonchev–Trinajstić information content (AvgIpc) is 3.34. The van der Waals surface area contributed by atoms with Gasteiger partial charge in [0.15, 0.2) is 12.2 Å². The summed E-state index contributed by atoms with van der Waals surface area (Å²) in [6, 6.07) is 11.8. The number of rotatable bonds is 4. The molecular formula is C20H22N4O2S. The van der Waals surface area contributed by atoms with Gasteiger partial charge < -0.3 is 14.6 Å². The number of oxazole rings is 1. The first kappa shape index (κ1) is 17.8. The Morgan fingerprint density at radius 1 is 1.19 bits per heavy atom. The van der Waals surface area contributed by atoms with Gasteiger partial charge in [0, 0.05) is 48.9 Å². The predicted molar refractivity (Wildman–Crippen MR) is 107 cm³/mol. The maximum atomic E-state index is 12.7. The van der Waals surface area contributed by atoms with E-state index in [1.807, 2.05) is 29.2 Å². The number of hydrogen-bond donors (Lipinski definition) is 1. The third-order valence-corrected chi connectivity index (χ3v) is 5.53. The summed E-state index contributed by atoms with van der Waals surface area (Å²) in [5.74, 6) is 0.685. The quantitative estimate of drug-likeness (QED) is 0.737. The van der Waals surface area contributed by atoms with E-state index in [2.05, 4.69) is 32.7 Å². The van der Waals surface area contributed by atoms with E-state index in [-0.39, 0.29) is 6.03 Å². The zero-order chi connectivity index (χ0) is 18.5. The Balaban J connectivity index is 1.35. The van der Waals surface area contributed by atoms with E-state index >= 15 is 0 Å². The van der Waals surface area contributed by atoms with Gasteiger partial charge in [0.05, 0.1) is 6.20 Å². The molecule has 0 bridgehead atoms. The molecule has 140 valence electrons. The van der Waals surface area contributed by atoms with Crippen molar-refractivity contribution in [2.24, 2.45) is 0 Å². The number of carbonyl (C=O) groups excluding carboxylic acids is 1. The molecule has 3 aromatic rings. The minimum atomic E-state index is -0.0531. The molecule has 2 amide bonds. The van der Waals surface area contributed by atoms with Gasteiger partial charge in [-0.2, -0.15) is 0 Å². The van der Waals surface area contributed by atoms with Crippen molar-refractivity contribution in [1.82, 2.24) is 14.8 Å². The summed E-state index contributed by atoms with van der Waals surface area (Å²) in [4.78, 5) is 22.3. The Labute approximate surface area is 162 Å². The smallest absolute Gasteiger partial charge is 0.321 e. The summed E-state index contributed by atoms with van der Waals surface area (Å²) >= 11 is 1.79. The molecule has 1 N–H and O–H groups in total. The molecule has 0 spiro atoms. The highest BCUT2D eigenvalue weighted by Gasteiger charge is 2.19. The van der Waals surface area contributed by atoms with Crippen molar-refractivity contribution in [3.8, 4) is 11.3 Å². The van der Waals surface area contributed by atoms with Crippen LogP contribution in [0.1, 0.15) is 11.3 Å². The number of anilines is 1. The van der Waals surface area contributed by atoms with Crippen molar-refractivity contribution in [3.05, 3.63) is 59.2 Å². The van der Waals surface area contributed by atoms with E-state index in [4.69, 9.17) is 4.42 Å². The first-order valence-corrected chi connectivity index (χ1v) is 9.95. The van der Waals surface area contributed by atoms with Gasteiger partial charge in [-0.05, 0) is 30.0 Å². The lowest BCUT2D eigenvalue weighted by atomic mass is 10.1. The zero-order valence-electron chi connectivity index (χ0n) is 15.0. The molecule has 0 radical (unpaired) electrons. The first-order chi connectivity index (χ1) is 13.3. The minimum Gasteiger partial charge on any atom is -0.444 e. The molecule has 0 unspecified atom stereocenters.